The number of sulfonamides is 1. The van der Waals surface area contributed by atoms with E-state index in [1.807, 2.05) is 0 Å². The lowest BCUT2D eigenvalue weighted by molar-refractivity contribution is -0.137. The van der Waals surface area contributed by atoms with Crippen LogP contribution >= 0.6 is 0 Å². The molecule has 2 amide bonds. The van der Waals surface area contributed by atoms with Crippen LogP contribution in [-0.2, 0) is 21.0 Å². The topological polar surface area (TPSA) is 134 Å². The third-order valence-corrected chi connectivity index (χ3v) is 7.18. The quantitative estimate of drug-likeness (QED) is 0.284. The molecule has 0 aliphatic carbocycles. The van der Waals surface area contributed by atoms with Crippen LogP contribution < -0.4 is 24.7 Å². The molecule has 0 spiro atoms. The van der Waals surface area contributed by atoms with Gasteiger partial charge < -0.3 is 14.7 Å². The number of rotatable bonds is 7. The number of benzene rings is 3. The van der Waals surface area contributed by atoms with Gasteiger partial charge in [-0.15, -0.1) is 0 Å². The Bertz CT molecular complexity index is 1500. The lowest BCUT2D eigenvalue weighted by Crippen LogP contribution is -2.45. The Hall–Kier alpha value is -4.53. The van der Waals surface area contributed by atoms with Gasteiger partial charge >= 0.3 is 12.3 Å². The Morgan fingerprint density at radius 3 is 2.46 bits per heavy atom. The lowest BCUT2D eigenvalue weighted by Gasteiger charge is -2.35. The van der Waals surface area contributed by atoms with Crippen LogP contribution in [0.15, 0.2) is 71.6 Å². The standard InChI is InChI=1S/C24H19F4N3O7S/c25-15-4-7-17(8-5-15)38-30-22(32)12-18-13-31(20-11-16(29-23(33)34)6-9-21(20)37-18)39(35,36)19-3-1-2-14(10-19)24(26,27)28/h1-11,18,29H,12-13H2,(H,30,32)(H,33,34). The first-order chi connectivity index (χ1) is 18.3. The van der Waals surface area contributed by atoms with E-state index in [1.54, 1.807) is 0 Å². The van der Waals surface area contributed by atoms with Crippen molar-refractivity contribution in [2.75, 3.05) is 16.2 Å². The first-order valence-electron chi connectivity index (χ1n) is 11.0. The Morgan fingerprint density at radius 1 is 1.08 bits per heavy atom. The van der Waals surface area contributed by atoms with E-state index in [9.17, 15) is 35.6 Å². The number of alkyl halides is 3. The summed E-state index contributed by atoms with van der Waals surface area (Å²) in [7, 11) is -4.65. The largest absolute Gasteiger partial charge is 0.486 e. The molecule has 1 aliphatic heterocycles. The van der Waals surface area contributed by atoms with Crippen LogP contribution in [0.1, 0.15) is 12.0 Å². The molecule has 4 rings (SSSR count). The van der Waals surface area contributed by atoms with Crippen molar-refractivity contribution in [1.29, 1.82) is 0 Å². The summed E-state index contributed by atoms with van der Waals surface area (Å²) in [6.45, 7) is -0.508. The van der Waals surface area contributed by atoms with Crippen LogP contribution in [0, 0.1) is 5.82 Å². The van der Waals surface area contributed by atoms with Gasteiger partial charge in [-0.25, -0.2) is 17.6 Å². The summed E-state index contributed by atoms with van der Waals surface area (Å²) >= 11 is 0. The van der Waals surface area contributed by atoms with Crippen molar-refractivity contribution in [2.24, 2.45) is 0 Å². The van der Waals surface area contributed by atoms with Crippen molar-refractivity contribution in [3.63, 3.8) is 0 Å². The summed E-state index contributed by atoms with van der Waals surface area (Å²) in [5.74, 6) is -1.21. The molecule has 3 aromatic carbocycles. The average molecular weight is 569 g/mol. The molecule has 0 saturated carbocycles. The molecule has 1 aliphatic rings. The minimum atomic E-state index is -4.81. The molecule has 1 heterocycles. The number of amides is 2. The van der Waals surface area contributed by atoms with Crippen LogP contribution in [0.2, 0.25) is 0 Å². The highest BCUT2D eigenvalue weighted by atomic mass is 32.2. The van der Waals surface area contributed by atoms with E-state index >= 15 is 0 Å². The summed E-state index contributed by atoms with van der Waals surface area (Å²) < 4.78 is 86.4. The summed E-state index contributed by atoms with van der Waals surface area (Å²) in [6.07, 6.45) is -7.80. The van der Waals surface area contributed by atoms with Crippen molar-refractivity contribution in [3.8, 4) is 11.5 Å². The molecule has 0 fully saturated rings. The molecule has 15 heteroatoms. The third-order valence-electron chi connectivity index (χ3n) is 5.40. The summed E-state index contributed by atoms with van der Waals surface area (Å²) in [5.41, 5.74) is 0.748. The molecular weight excluding hydrogens is 550 g/mol. The second-order valence-corrected chi connectivity index (χ2v) is 10.1. The highest BCUT2D eigenvalue weighted by Gasteiger charge is 2.38. The summed E-state index contributed by atoms with van der Waals surface area (Å²) in [5, 5.41) is 11.1. The monoisotopic (exact) mass is 569 g/mol. The number of carbonyl (C=O) groups is 2. The molecule has 3 N–H and O–H groups in total. The minimum absolute atomic E-state index is 0.0296. The number of carbonyl (C=O) groups excluding carboxylic acids is 1. The van der Waals surface area contributed by atoms with Gasteiger partial charge in [0, 0.05) is 5.69 Å². The van der Waals surface area contributed by atoms with E-state index in [0.29, 0.717) is 6.07 Å². The normalized spacial score (nSPS) is 15.1. The number of ether oxygens (including phenoxy) is 1. The van der Waals surface area contributed by atoms with Gasteiger partial charge in [0.2, 0.25) is 0 Å². The molecule has 10 nitrogen and oxygen atoms in total. The van der Waals surface area contributed by atoms with Crippen molar-refractivity contribution in [2.45, 2.75) is 23.6 Å². The van der Waals surface area contributed by atoms with E-state index in [-0.39, 0.29) is 22.9 Å². The molecule has 1 unspecified atom stereocenters. The smallest absolute Gasteiger partial charge is 0.416 e. The maximum atomic E-state index is 13.5. The van der Waals surface area contributed by atoms with Gasteiger partial charge in [0.1, 0.15) is 17.7 Å². The van der Waals surface area contributed by atoms with Gasteiger partial charge in [-0.2, -0.15) is 18.7 Å². The molecular formula is C24H19F4N3O7S. The van der Waals surface area contributed by atoms with Crippen molar-refractivity contribution in [3.05, 3.63) is 78.1 Å². The predicted molar refractivity (Wildman–Crippen MR) is 128 cm³/mol. The van der Waals surface area contributed by atoms with Crippen LogP contribution in [0.5, 0.6) is 11.5 Å². The molecule has 206 valence electrons. The second-order valence-electron chi connectivity index (χ2n) is 8.20. The zero-order valence-electron chi connectivity index (χ0n) is 19.6. The van der Waals surface area contributed by atoms with Crippen LogP contribution in [0.4, 0.5) is 33.7 Å². The Kier molecular flexibility index (Phi) is 7.53. The fraction of sp³-hybridized carbons (Fsp3) is 0.167. The zero-order chi connectivity index (χ0) is 28.4. The van der Waals surface area contributed by atoms with E-state index in [2.05, 4.69) is 10.8 Å². The molecule has 1 atom stereocenters. The number of fused-ring (bicyclic) bond motifs is 1. The number of hydrogen-bond donors (Lipinski definition) is 3. The highest BCUT2D eigenvalue weighted by Crippen LogP contribution is 2.40. The van der Waals surface area contributed by atoms with Gasteiger partial charge in [0.05, 0.1) is 29.1 Å². The van der Waals surface area contributed by atoms with Crippen LogP contribution in [0.3, 0.4) is 0 Å². The maximum Gasteiger partial charge on any atom is 0.416 e. The maximum absolute atomic E-state index is 13.5. The van der Waals surface area contributed by atoms with Crippen LogP contribution in [-0.4, -0.2) is 38.2 Å². The number of hydroxylamine groups is 1. The number of anilines is 2. The van der Waals surface area contributed by atoms with Crippen molar-refractivity contribution < 1.29 is 50.2 Å². The number of nitrogens with one attached hydrogen (secondary N) is 2. The number of hydrogen-bond acceptors (Lipinski definition) is 6. The van der Waals surface area contributed by atoms with E-state index < -0.39 is 63.5 Å². The van der Waals surface area contributed by atoms with E-state index in [0.717, 1.165) is 40.7 Å². The molecule has 0 saturated heterocycles. The fourth-order valence-corrected chi connectivity index (χ4v) is 5.22. The Balaban J connectivity index is 1.62. The Labute approximate surface area is 218 Å². The van der Waals surface area contributed by atoms with Crippen LogP contribution in [0.25, 0.3) is 0 Å². The molecule has 3 aromatic rings. The predicted octanol–water partition coefficient (Wildman–Crippen LogP) is 4.39. The first kappa shape index (κ1) is 27.5. The number of carboxylic acid groups (broad SMARTS) is 1. The van der Waals surface area contributed by atoms with Gasteiger partial charge in [0.15, 0.2) is 5.75 Å². The van der Waals surface area contributed by atoms with Gasteiger partial charge in [0.25, 0.3) is 15.9 Å². The van der Waals surface area contributed by atoms with E-state index in [4.69, 9.17) is 14.7 Å². The zero-order valence-corrected chi connectivity index (χ0v) is 20.4. The van der Waals surface area contributed by atoms with E-state index in [1.165, 1.54) is 24.3 Å². The minimum Gasteiger partial charge on any atom is -0.486 e. The SMILES string of the molecule is O=C(O)Nc1ccc2c(c1)N(S(=O)(=O)c1cccc(C(F)(F)F)c1)CC(CC(=O)NOc1ccc(F)cc1)O2. The first-order valence-corrected chi connectivity index (χ1v) is 12.5. The fourth-order valence-electron chi connectivity index (χ4n) is 3.67. The second kappa shape index (κ2) is 10.7. The van der Waals surface area contributed by atoms with Gasteiger partial charge in [-0.05, 0) is 60.7 Å². The summed E-state index contributed by atoms with van der Waals surface area (Å²) in [4.78, 5) is 27.9. The van der Waals surface area contributed by atoms with Gasteiger partial charge in [-0.3, -0.25) is 14.4 Å². The number of nitrogens with zero attached hydrogens (tertiary/aromatic N) is 1. The average Bonchev–Trinajstić information content (AvgIpc) is 2.87. The van der Waals surface area contributed by atoms with Crippen molar-refractivity contribution in [1.82, 2.24) is 5.48 Å². The van der Waals surface area contributed by atoms with Gasteiger partial charge in [-0.1, -0.05) is 6.07 Å². The third kappa shape index (κ3) is 6.49. The number of halogens is 4. The molecule has 39 heavy (non-hydrogen) atoms. The lowest BCUT2D eigenvalue weighted by atomic mass is 10.1. The highest BCUT2D eigenvalue weighted by molar-refractivity contribution is 7.92. The summed E-state index contributed by atoms with van der Waals surface area (Å²) in [6, 6.07) is 11.5. The molecule has 0 bridgehead atoms. The Morgan fingerprint density at radius 2 is 1.79 bits per heavy atom. The van der Waals surface area contributed by atoms with Crippen molar-refractivity contribution >= 4 is 33.4 Å². The molecule has 0 radical (unpaired) electrons. The molecule has 0 aromatic heterocycles.